The molecule has 2 fully saturated rings. The lowest BCUT2D eigenvalue weighted by Gasteiger charge is -2.37. The lowest BCUT2D eigenvalue weighted by molar-refractivity contribution is -0.0240. The number of rotatable bonds is 3. The number of ether oxygens (including phenoxy) is 1. The molecule has 2 atom stereocenters. The molecule has 0 radical (unpaired) electrons. The highest BCUT2D eigenvalue weighted by Gasteiger charge is 2.35. The third-order valence-electron chi connectivity index (χ3n) is 4.32. The van der Waals surface area contributed by atoms with Crippen LogP contribution in [-0.4, -0.2) is 73.0 Å². The normalized spacial score (nSPS) is 29.0. The highest BCUT2D eigenvalue weighted by atomic mass is 32.2. The van der Waals surface area contributed by atoms with Gasteiger partial charge < -0.3 is 4.74 Å². The van der Waals surface area contributed by atoms with Crippen molar-refractivity contribution < 1.29 is 13.2 Å². The number of hydrogen-bond donors (Lipinski definition) is 1. The van der Waals surface area contributed by atoms with Gasteiger partial charge in [-0.2, -0.15) is 9.40 Å². The lowest BCUT2D eigenvalue weighted by atomic mass is 9.93. The predicted octanol–water partition coefficient (Wildman–Crippen LogP) is -0.108. The summed E-state index contributed by atoms with van der Waals surface area (Å²) in [7, 11) is -3.13. The van der Waals surface area contributed by atoms with Crippen LogP contribution in [0.3, 0.4) is 0 Å². The molecule has 3 heterocycles. The maximum atomic E-state index is 11.7. The molecule has 118 valence electrons. The molecule has 7 nitrogen and oxygen atoms in total. The fraction of sp³-hybridized carbons (Fsp3) is 0.769. The predicted molar refractivity (Wildman–Crippen MR) is 78.1 cm³/mol. The van der Waals surface area contributed by atoms with Crippen molar-refractivity contribution in [1.82, 2.24) is 19.4 Å². The van der Waals surface area contributed by atoms with Crippen molar-refractivity contribution in [2.75, 3.05) is 39.0 Å². The second-order valence-corrected chi connectivity index (χ2v) is 7.90. The van der Waals surface area contributed by atoms with Crippen molar-refractivity contribution in [3.05, 3.63) is 18.0 Å². The first-order valence-corrected chi connectivity index (χ1v) is 9.14. The molecule has 0 saturated carbocycles. The minimum atomic E-state index is -3.13. The van der Waals surface area contributed by atoms with Crippen LogP contribution in [0.5, 0.6) is 0 Å². The minimum Gasteiger partial charge on any atom is -0.375 e. The van der Waals surface area contributed by atoms with Gasteiger partial charge in [0.1, 0.15) is 0 Å². The van der Waals surface area contributed by atoms with Gasteiger partial charge in [-0.25, -0.2) is 8.42 Å². The van der Waals surface area contributed by atoms with Gasteiger partial charge in [-0.15, -0.1) is 0 Å². The number of nitrogens with one attached hydrogen (secondary N) is 1. The van der Waals surface area contributed by atoms with E-state index < -0.39 is 10.0 Å². The van der Waals surface area contributed by atoms with E-state index in [9.17, 15) is 8.42 Å². The lowest BCUT2D eigenvalue weighted by Crippen LogP contribution is -2.47. The van der Waals surface area contributed by atoms with Crippen LogP contribution in [0.1, 0.15) is 12.0 Å². The van der Waals surface area contributed by atoms with Crippen molar-refractivity contribution in [2.45, 2.75) is 19.1 Å². The number of likely N-dealkylation sites (tertiary alicyclic amines) is 1. The topological polar surface area (TPSA) is 78.5 Å². The summed E-state index contributed by atoms with van der Waals surface area (Å²) in [6.07, 6.45) is 6.12. The zero-order valence-electron chi connectivity index (χ0n) is 12.2. The molecule has 2 saturated heterocycles. The second-order valence-electron chi connectivity index (χ2n) is 5.92. The van der Waals surface area contributed by atoms with E-state index in [-0.39, 0.29) is 6.10 Å². The van der Waals surface area contributed by atoms with Gasteiger partial charge in [-0.05, 0) is 13.0 Å². The highest BCUT2D eigenvalue weighted by Crippen LogP contribution is 2.25. The molecule has 1 aromatic rings. The van der Waals surface area contributed by atoms with Crippen molar-refractivity contribution in [3.63, 3.8) is 0 Å². The number of aromatic amines is 1. The molecular weight excluding hydrogens is 292 g/mol. The van der Waals surface area contributed by atoms with Gasteiger partial charge in [0.25, 0.3) is 0 Å². The highest BCUT2D eigenvalue weighted by molar-refractivity contribution is 7.88. The molecular formula is C13H22N4O3S. The van der Waals surface area contributed by atoms with Crippen LogP contribution in [-0.2, 0) is 21.3 Å². The molecule has 21 heavy (non-hydrogen) atoms. The fourth-order valence-corrected chi connectivity index (χ4v) is 4.02. The van der Waals surface area contributed by atoms with Gasteiger partial charge in [0.05, 0.1) is 25.2 Å². The van der Waals surface area contributed by atoms with Crippen LogP contribution in [0, 0.1) is 5.92 Å². The minimum absolute atomic E-state index is 0.123. The summed E-state index contributed by atoms with van der Waals surface area (Å²) in [4.78, 5) is 2.35. The molecule has 1 aromatic heterocycles. The van der Waals surface area contributed by atoms with Crippen molar-refractivity contribution in [1.29, 1.82) is 0 Å². The molecule has 2 aliphatic rings. The third-order valence-corrected chi connectivity index (χ3v) is 5.59. The van der Waals surface area contributed by atoms with Gasteiger partial charge in [-0.3, -0.25) is 10.00 Å². The molecule has 0 amide bonds. The van der Waals surface area contributed by atoms with E-state index >= 15 is 0 Å². The standard InChI is InChI=1S/C13H22N4O3S/c1-21(18,19)17-4-5-20-13-10-16(3-2-12(13)9-17)8-11-6-14-15-7-11/h6-7,12-13H,2-5,8-10H2,1H3,(H,14,15)/t12-,13-/m1/s1. The van der Waals surface area contributed by atoms with Gasteiger partial charge in [0.15, 0.2) is 0 Å². The average Bonchev–Trinajstić information content (AvgIpc) is 2.82. The Morgan fingerprint density at radius 2 is 2.29 bits per heavy atom. The SMILES string of the molecule is CS(=O)(=O)N1CCO[C@@H]2CN(Cc3cn[nH]c3)CC[C@@H]2C1. The Morgan fingerprint density at radius 1 is 1.43 bits per heavy atom. The summed E-state index contributed by atoms with van der Waals surface area (Å²) in [6, 6.07) is 0. The number of piperidine rings is 1. The van der Waals surface area contributed by atoms with Crippen LogP contribution in [0.15, 0.2) is 12.4 Å². The van der Waals surface area contributed by atoms with E-state index in [1.54, 1.807) is 4.31 Å². The number of H-pyrrole nitrogens is 1. The monoisotopic (exact) mass is 314 g/mol. The molecule has 0 bridgehead atoms. The van der Waals surface area contributed by atoms with Gasteiger partial charge in [0.2, 0.25) is 10.0 Å². The summed E-state index contributed by atoms with van der Waals surface area (Å²) in [5, 5.41) is 6.79. The Bertz CT molecular complexity index is 560. The number of fused-ring (bicyclic) bond motifs is 1. The molecule has 8 heteroatoms. The Morgan fingerprint density at radius 3 is 3.00 bits per heavy atom. The van der Waals surface area contributed by atoms with Gasteiger partial charge >= 0.3 is 0 Å². The number of nitrogens with zero attached hydrogens (tertiary/aromatic N) is 3. The van der Waals surface area contributed by atoms with Crippen LogP contribution in [0.2, 0.25) is 0 Å². The van der Waals surface area contributed by atoms with Crippen LogP contribution in [0.4, 0.5) is 0 Å². The molecule has 1 N–H and O–H groups in total. The Balaban J connectivity index is 1.62. The Kier molecular flexibility index (Phi) is 4.30. The fourth-order valence-electron chi connectivity index (χ4n) is 3.15. The number of aromatic nitrogens is 2. The molecule has 3 rings (SSSR count). The zero-order chi connectivity index (χ0) is 14.9. The molecule has 0 spiro atoms. The first-order valence-electron chi connectivity index (χ1n) is 7.29. The summed E-state index contributed by atoms with van der Waals surface area (Å²) in [5.74, 6) is 0.294. The summed E-state index contributed by atoms with van der Waals surface area (Å²) >= 11 is 0. The van der Waals surface area contributed by atoms with E-state index in [1.807, 2.05) is 12.4 Å². The number of hydrogen-bond acceptors (Lipinski definition) is 5. The van der Waals surface area contributed by atoms with Crippen molar-refractivity contribution >= 4 is 10.0 Å². The van der Waals surface area contributed by atoms with Gasteiger partial charge in [0, 0.05) is 43.9 Å². The van der Waals surface area contributed by atoms with Crippen molar-refractivity contribution in [3.8, 4) is 0 Å². The van der Waals surface area contributed by atoms with E-state index in [0.717, 1.165) is 26.1 Å². The second kappa shape index (κ2) is 6.04. The quantitative estimate of drug-likeness (QED) is 0.842. The first-order chi connectivity index (χ1) is 10.0. The number of sulfonamides is 1. The molecule has 0 aromatic carbocycles. The van der Waals surface area contributed by atoms with E-state index in [2.05, 4.69) is 15.1 Å². The van der Waals surface area contributed by atoms with E-state index in [1.165, 1.54) is 11.8 Å². The smallest absolute Gasteiger partial charge is 0.211 e. The van der Waals surface area contributed by atoms with Crippen LogP contribution in [0.25, 0.3) is 0 Å². The van der Waals surface area contributed by atoms with Crippen LogP contribution < -0.4 is 0 Å². The maximum Gasteiger partial charge on any atom is 0.211 e. The van der Waals surface area contributed by atoms with Gasteiger partial charge in [-0.1, -0.05) is 0 Å². The van der Waals surface area contributed by atoms with Crippen molar-refractivity contribution in [2.24, 2.45) is 5.92 Å². The Labute approximate surface area is 125 Å². The summed E-state index contributed by atoms with van der Waals surface area (Å²) in [5.41, 5.74) is 1.17. The third kappa shape index (κ3) is 3.63. The molecule has 0 unspecified atom stereocenters. The van der Waals surface area contributed by atoms with E-state index in [4.69, 9.17) is 4.74 Å². The molecule has 2 aliphatic heterocycles. The average molecular weight is 314 g/mol. The molecule has 0 aliphatic carbocycles. The largest absolute Gasteiger partial charge is 0.375 e. The first kappa shape index (κ1) is 15.0. The zero-order valence-corrected chi connectivity index (χ0v) is 13.1. The maximum absolute atomic E-state index is 11.7. The Hall–Kier alpha value is -0.960. The van der Waals surface area contributed by atoms with Crippen LogP contribution >= 0.6 is 0 Å². The summed E-state index contributed by atoms with van der Waals surface area (Å²) < 4.78 is 30.9. The van der Waals surface area contributed by atoms with E-state index in [0.29, 0.717) is 25.6 Å². The summed E-state index contributed by atoms with van der Waals surface area (Å²) in [6.45, 7) is 4.21.